The first-order chi connectivity index (χ1) is 18.4. The largest absolute Gasteiger partial charge is 0.416 e. The molecular formula is C27H30F4N4O3S. The van der Waals surface area contributed by atoms with Crippen LogP contribution in [0.1, 0.15) is 60.6 Å². The van der Waals surface area contributed by atoms with Gasteiger partial charge in [-0.1, -0.05) is 19.1 Å². The third-order valence-corrected chi connectivity index (χ3v) is 9.29. The molecule has 0 saturated carbocycles. The first kappa shape index (κ1) is 29.0. The molecule has 39 heavy (non-hydrogen) atoms. The Morgan fingerprint density at radius 3 is 2.54 bits per heavy atom. The molecular weight excluding hydrogens is 536 g/mol. The highest BCUT2D eigenvalue weighted by Crippen LogP contribution is 2.33. The van der Waals surface area contributed by atoms with Gasteiger partial charge in [0.1, 0.15) is 5.82 Å². The number of hydrogen-bond donors (Lipinski definition) is 1. The van der Waals surface area contributed by atoms with Gasteiger partial charge in [-0.2, -0.15) is 22.7 Å². The highest BCUT2D eigenvalue weighted by atomic mass is 32.2. The molecule has 2 aromatic carbocycles. The number of nitriles is 1. The molecule has 210 valence electrons. The number of hydrogen-bond acceptors (Lipinski definition) is 5. The van der Waals surface area contributed by atoms with Crippen LogP contribution in [0, 0.1) is 23.1 Å². The minimum Gasteiger partial charge on any atom is -0.334 e. The fourth-order valence-electron chi connectivity index (χ4n) is 5.23. The summed E-state index contributed by atoms with van der Waals surface area (Å²) in [7, 11) is -3.83. The van der Waals surface area contributed by atoms with Crippen molar-refractivity contribution in [3.63, 3.8) is 0 Å². The molecule has 4 rings (SSSR count). The smallest absolute Gasteiger partial charge is 0.334 e. The van der Waals surface area contributed by atoms with E-state index < -0.39 is 33.6 Å². The fraction of sp³-hybridized carbons (Fsp3) is 0.481. The number of likely N-dealkylation sites (tertiary alicyclic amines) is 1. The zero-order valence-electron chi connectivity index (χ0n) is 21.6. The number of nitrogens with zero attached hydrogens (tertiary/aromatic N) is 3. The van der Waals surface area contributed by atoms with Crippen molar-refractivity contribution in [2.24, 2.45) is 5.92 Å². The molecule has 7 nitrogen and oxygen atoms in total. The zero-order chi connectivity index (χ0) is 28.5. The highest BCUT2D eigenvalue weighted by Gasteiger charge is 2.38. The van der Waals surface area contributed by atoms with Crippen molar-refractivity contribution in [1.29, 1.82) is 5.26 Å². The van der Waals surface area contributed by atoms with Crippen LogP contribution < -0.4 is 5.32 Å². The number of carbonyl (C=O) groups excluding carboxylic acids is 1. The summed E-state index contributed by atoms with van der Waals surface area (Å²) in [6.07, 6.45) is -2.85. The van der Waals surface area contributed by atoms with Gasteiger partial charge in [-0.05, 0) is 56.5 Å². The van der Waals surface area contributed by atoms with Crippen LogP contribution in [0.3, 0.4) is 0 Å². The van der Waals surface area contributed by atoms with Gasteiger partial charge < -0.3 is 10.2 Å². The van der Waals surface area contributed by atoms with Crippen molar-refractivity contribution in [2.75, 3.05) is 19.6 Å². The number of alkyl halides is 3. The predicted octanol–water partition coefficient (Wildman–Crippen LogP) is 4.72. The fourth-order valence-corrected chi connectivity index (χ4v) is 6.80. The minimum absolute atomic E-state index is 0.0181. The van der Waals surface area contributed by atoms with Gasteiger partial charge in [-0.3, -0.25) is 4.79 Å². The maximum atomic E-state index is 14.7. The van der Waals surface area contributed by atoms with Crippen LogP contribution in [0.5, 0.6) is 0 Å². The lowest BCUT2D eigenvalue weighted by Gasteiger charge is -2.34. The third-order valence-electron chi connectivity index (χ3n) is 7.46. The Bertz CT molecular complexity index is 1370. The van der Waals surface area contributed by atoms with Crippen molar-refractivity contribution < 1.29 is 30.8 Å². The molecule has 2 aliphatic rings. The topological polar surface area (TPSA) is 93.5 Å². The van der Waals surface area contributed by atoms with E-state index in [4.69, 9.17) is 5.26 Å². The molecule has 2 saturated heterocycles. The van der Waals surface area contributed by atoms with Crippen molar-refractivity contribution >= 4 is 15.9 Å². The summed E-state index contributed by atoms with van der Waals surface area (Å²) in [6.45, 7) is 4.33. The van der Waals surface area contributed by atoms with E-state index in [1.54, 1.807) is 17.9 Å². The maximum Gasteiger partial charge on any atom is 0.416 e. The van der Waals surface area contributed by atoms with Gasteiger partial charge in [0, 0.05) is 48.9 Å². The number of sulfonamides is 1. The van der Waals surface area contributed by atoms with Gasteiger partial charge in [-0.25, -0.2) is 12.8 Å². The molecule has 1 amide bonds. The molecule has 2 fully saturated rings. The first-order valence-electron chi connectivity index (χ1n) is 12.8. The number of halogens is 4. The SMILES string of the molecule is CC[C@H](NC(C)[C@H]1CCCN1C(=O)c1cccc(S(=O)(=O)N2CC(C#N)C2)c1)c1ccc(C(F)(F)F)cc1F. The quantitative estimate of drug-likeness (QED) is 0.467. The van der Waals surface area contributed by atoms with Gasteiger partial charge in [0.05, 0.1) is 22.4 Å². The molecule has 1 N–H and O–H groups in total. The summed E-state index contributed by atoms with van der Waals surface area (Å²) in [5.74, 6) is -1.63. The average Bonchev–Trinajstić information content (AvgIpc) is 3.36. The molecule has 0 aromatic heterocycles. The van der Waals surface area contributed by atoms with Gasteiger partial charge in [-0.15, -0.1) is 0 Å². The lowest BCUT2D eigenvalue weighted by molar-refractivity contribution is -0.137. The lowest BCUT2D eigenvalue weighted by Crippen LogP contribution is -2.49. The van der Waals surface area contributed by atoms with E-state index in [1.165, 1.54) is 22.5 Å². The van der Waals surface area contributed by atoms with E-state index in [9.17, 15) is 30.8 Å². The molecule has 3 atom stereocenters. The molecule has 12 heteroatoms. The Kier molecular flexibility index (Phi) is 8.35. The van der Waals surface area contributed by atoms with Gasteiger partial charge in [0.25, 0.3) is 5.91 Å². The Labute approximate surface area is 225 Å². The number of amides is 1. The molecule has 2 heterocycles. The van der Waals surface area contributed by atoms with Crippen molar-refractivity contribution in [2.45, 2.75) is 62.3 Å². The summed E-state index contributed by atoms with van der Waals surface area (Å²) >= 11 is 0. The van der Waals surface area contributed by atoms with Crippen molar-refractivity contribution in [3.8, 4) is 6.07 Å². The van der Waals surface area contributed by atoms with E-state index in [2.05, 4.69) is 5.32 Å². The Hall–Kier alpha value is -3.01. The third kappa shape index (κ3) is 5.95. The summed E-state index contributed by atoms with van der Waals surface area (Å²) < 4.78 is 80.6. The van der Waals surface area contributed by atoms with Crippen LogP contribution in [-0.2, 0) is 16.2 Å². The highest BCUT2D eigenvalue weighted by molar-refractivity contribution is 7.89. The normalized spacial score (nSPS) is 20.3. The number of nitrogens with one attached hydrogen (secondary N) is 1. The standard InChI is InChI=1S/C27H30F4N4O3S/c1-3-24(22-10-9-20(13-23(22)28)27(29,30)31)33-17(2)25-8-5-11-35(25)26(36)19-6-4-7-21(12-19)39(37,38)34-15-18(14-32)16-34/h4,6-7,9-10,12-13,17-18,24-25,33H,3,5,8,11,15-16H2,1-2H3/t17?,24-,25+/m0/s1. The van der Waals surface area contributed by atoms with Crippen LogP contribution >= 0.6 is 0 Å². The first-order valence-corrected chi connectivity index (χ1v) is 14.2. The Balaban J connectivity index is 1.49. The van der Waals surface area contributed by atoms with Crippen LogP contribution in [-0.4, -0.2) is 55.2 Å². The van der Waals surface area contributed by atoms with E-state index in [1.807, 2.05) is 13.0 Å². The van der Waals surface area contributed by atoms with Gasteiger partial charge >= 0.3 is 6.18 Å². The van der Waals surface area contributed by atoms with Crippen molar-refractivity contribution in [1.82, 2.24) is 14.5 Å². The molecule has 0 spiro atoms. The molecule has 2 aromatic rings. The van der Waals surface area contributed by atoms with E-state index >= 15 is 0 Å². The summed E-state index contributed by atoms with van der Waals surface area (Å²) in [5.41, 5.74) is -0.716. The molecule has 0 bridgehead atoms. The van der Waals surface area contributed by atoms with E-state index in [0.717, 1.165) is 18.6 Å². The second kappa shape index (κ2) is 11.2. The maximum absolute atomic E-state index is 14.7. The molecule has 1 unspecified atom stereocenters. The average molecular weight is 567 g/mol. The van der Waals surface area contributed by atoms with Crippen LogP contribution in [0.25, 0.3) is 0 Å². The second-order valence-corrected chi connectivity index (χ2v) is 12.0. The number of rotatable bonds is 8. The van der Waals surface area contributed by atoms with E-state index in [-0.39, 0.29) is 53.0 Å². The monoisotopic (exact) mass is 566 g/mol. The minimum atomic E-state index is -4.64. The van der Waals surface area contributed by atoms with Gasteiger partial charge in [0.15, 0.2) is 0 Å². The van der Waals surface area contributed by atoms with Crippen LogP contribution in [0.15, 0.2) is 47.4 Å². The van der Waals surface area contributed by atoms with Crippen LogP contribution in [0.4, 0.5) is 17.6 Å². The van der Waals surface area contributed by atoms with Crippen molar-refractivity contribution in [3.05, 3.63) is 65.0 Å². The lowest BCUT2D eigenvalue weighted by atomic mass is 9.98. The molecule has 0 aliphatic carbocycles. The molecule has 0 radical (unpaired) electrons. The zero-order valence-corrected chi connectivity index (χ0v) is 22.4. The Morgan fingerprint density at radius 1 is 1.21 bits per heavy atom. The van der Waals surface area contributed by atoms with E-state index in [0.29, 0.717) is 25.5 Å². The summed E-state index contributed by atoms with van der Waals surface area (Å²) in [6, 6.07) is 9.20. The number of benzene rings is 2. The summed E-state index contributed by atoms with van der Waals surface area (Å²) in [4.78, 5) is 15.1. The second-order valence-electron chi connectivity index (χ2n) is 10.0. The van der Waals surface area contributed by atoms with Gasteiger partial charge in [0.2, 0.25) is 10.0 Å². The predicted molar refractivity (Wildman–Crippen MR) is 135 cm³/mol. The number of carbonyl (C=O) groups is 1. The van der Waals surface area contributed by atoms with Crippen LogP contribution in [0.2, 0.25) is 0 Å². The summed E-state index contributed by atoms with van der Waals surface area (Å²) in [5, 5.41) is 12.2. The Morgan fingerprint density at radius 2 is 1.92 bits per heavy atom. The molecule has 2 aliphatic heterocycles.